The minimum absolute atomic E-state index is 0.00982. The van der Waals surface area contributed by atoms with Gasteiger partial charge in [-0.05, 0) is 18.9 Å². The molecule has 112 valence electrons. The summed E-state index contributed by atoms with van der Waals surface area (Å²) in [5.74, 6) is 0. The highest BCUT2D eigenvalue weighted by Gasteiger charge is 2.35. The number of rotatable bonds is 5. The summed E-state index contributed by atoms with van der Waals surface area (Å²) < 4.78 is 17.6. The molecule has 9 nitrogen and oxygen atoms in total. The molecule has 1 aliphatic rings. The molecule has 0 bridgehead atoms. The fraction of sp³-hybridized carbons (Fsp3) is 0.636. The molecule has 3 atom stereocenters. The summed E-state index contributed by atoms with van der Waals surface area (Å²) in [6.45, 7) is 1.59. The van der Waals surface area contributed by atoms with Crippen molar-refractivity contribution in [3.8, 4) is 0 Å². The number of hydrogen-bond donors (Lipinski definition) is 1. The molecule has 1 fully saturated rings. The lowest BCUT2D eigenvalue weighted by Gasteiger charge is -2.15. The van der Waals surface area contributed by atoms with Crippen LogP contribution in [0.15, 0.2) is 20.9 Å². The predicted octanol–water partition coefficient (Wildman–Crippen LogP) is 1.49. The van der Waals surface area contributed by atoms with Gasteiger partial charge < -0.3 is 4.74 Å². The van der Waals surface area contributed by atoms with Crippen molar-refractivity contribution in [2.45, 2.75) is 38.1 Å². The van der Waals surface area contributed by atoms with E-state index in [4.69, 9.17) is 10.3 Å². The van der Waals surface area contributed by atoms with Crippen LogP contribution in [0.2, 0.25) is 0 Å². The van der Waals surface area contributed by atoms with Gasteiger partial charge in [-0.2, -0.15) is 0 Å². The zero-order valence-electron chi connectivity index (χ0n) is 11.3. The van der Waals surface area contributed by atoms with Crippen LogP contribution in [-0.2, 0) is 9.30 Å². The number of hydrogen-bond acceptors (Lipinski definition) is 5. The van der Waals surface area contributed by atoms with Gasteiger partial charge in [0.2, 0.25) is 0 Å². The maximum atomic E-state index is 11.8. The number of nitrogens with zero attached hydrogens (tertiary/aromatic N) is 4. The summed E-state index contributed by atoms with van der Waals surface area (Å²) in [7, 11) is -0.00982. The van der Waals surface area contributed by atoms with Crippen molar-refractivity contribution >= 4 is 8.46 Å². The van der Waals surface area contributed by atoms with Crippen LogP contribution in [0, 0.1) is 6.92 Å². The highest BCUT2D eigenvalue weighted by atomic mass is 31.1. The second-order valence-electron chi connectivity index (χ2n) is 4.76. The Balaban J connectivity index is 2.28. The van der Waals surface area contributed by atoms with Crippen LogP contribution in [0.25, 0.3) is 10.4 Å². The fourth-order valence-corrected chi connectivity index (χ4v) is 2.67. The number of ether oxygens (including phenoxy) is 1. The minimum atomic E-state index is -0.614. The van der Waals surface area contributed by atoms with Gasteiger partial charge in [-0.25, -0.2) is 4.79 Å². The van der Waals surface area contributed by atoms with E-state index in [2.05, 4.69) is 15.0 Å². The summed E-state index contributed by atoms with van der Waals surface area (Å²) in [5, 5.41) is 3.67. The Labute approximate surface area is 120 Å². The van der Waals surface area contributed by atoms with Crippen molar-refractivity contribution in [2.24, 2.45) is 5.11 Å². The van der Waals surface area contributed by atoms with Gasteiger partial charge in [-0.3, -0.25) is 18.9 Å². The van der Waals surface area contributed by atoms with E-state index in [-0.39, 0.29) is 8.46 Å². The van der Waals surface area contributed by atoms with Crippen molar-refractivity contribution in [1.82, 2.24) is 9.55 Å². The number of H-pyrrole nitrogens is 1. The van der Waals surface area contributed by atoms with Gasteiger partial charge in [0.1, 0.15) is 6.23 Å². The smallest absolute Gasteiger partial charge is 0.330 e. The lowest BCUT2D eigenvalue weighted by atomic mass is 10.1. The van der Waals surface area contributed by atoms with Gasteiger partial charge in [0.15, 0.2) is 8.46 Å². The predicted molar refractivity (Wildman–Crippen MR) is 74.6 cm³/mol. The molecular formula is C11H14N5O4P. The number of aryl methyl sites for hydroxylation is 1. The Hall–Kier alpha value is -1.95. The van der Waals surface area contributed by atoms with Crippen molar-refractivity contribution in [3.05, 3.63) is 43.0 Å². The van der Waals surface area contributed by atoms with Gasteiger partial charge in [0, 0.05) is 29.3 Å². The Kier molecular flexibility index (Phi) is 4.90. The maximum Gasteiger partial charge on any atom is 0.330 e. The molecule has 0 spiro atoms. The van der Waals surface area contributed by atoms with Crippen LogP contribution in [0.5, 0.6) is 0 Å². The Morgan fingerprint density at radius 1 is 1.62 bits per heavy atom. The average Bonchev–Trinajstić information content (AvgIpc) is 2.84. The lowest BCUT2D eigenvalue weighted by molar-refractivity contribution is -0.00375. The molecule has 1 aromatic heterocycles. The molecule has 1 aliphatic heterocycles. The first-order valence-electron chi connectivity index (χ1n) is 6.37. The van der Waals surface area contributed by atoms with Crippen molar-refractivity contribution in [3.63, 3.8) is 0 Å². The molecule has 0 amide bonds. The van der Waals surface area contributed by atoms with Crippen LogP contribution < -0.4 is 11.2 Å². The van der Waals surface area contributed by atoms with Crippen molar-refractivity contribution in [2.75, 3.05) is 6.16 Å². The van der Waals surface area contributed by atoms with E-state index in [0.717, 1.165) is 0 Å². The van der Waals surface area contributed by atoms with Gasteiger partial charge in [-0.15, -0.1) is 0 Å². The summed E-state index contributed by atoms with van der Waals surface area (Å²) in [4.78, 5) is 28.2. The molecule has 0 aromatic carbocycles. The molecule has 0 unspecified atom stereocenters. The zero-order chi connectivity index (χ0) is 15.4. The quantitative estimate of drug-likeness (QED) is 0.382. The molecule has 1 aromatic rings. The van der Waals surface area contributed by atoms with Crippen LogP contribution >= 0.6 is 8.46 Å². The first kappa shape index (κ1) is 15.4. The number of aromatic amines is 1. The standard InChI is InChI=1S/C11H14N5O4P/c1-6-5-16(11(18)13-10(6)17)9-4-7(14-15-12)8(20-9)2-3-21-19/h5,7-9H,2-4H2,1H3,(H,13,17,18)/t7-,8-,9-/m1/s1. The van der Waals surface area contributed by atoms with Gasteiger partial charge in [0.05, 0.1) is 12.1 Å². The lowest BCUT2D eigenvalue weighted by Crippen LogP contribution is -2.33. The number of nitrogens with one attached hydrogen (secondary N) is 1. The monoisotopic (exact) mass is 311 g/mol. The summed E-state index contributed by atoms with van der Waals surface area (Å²) in [5.41, 5.74) is 7.96. The highest BCUT2D eigenvalue weighted by molar-refractivity contribution is 7.23. The third kappa shape index (κ3) is 3.39. The molecule has 0 radical (unpaired) electrons. The van der Waals surface area contributed by atoms with Crippen LogP contribution in [0.1, 0.15) is 24.6 Å². The Morgan fingerprint density at radius 2 is 2.38 bits per heavy atom. The molecule has 1 saturated heterocycles. The molecule has 2 rings (SSSR count). The zero-order valence-corrected chi connectivity index (χ0v) is 12.2. The fourth-order valence-electron chi connectivity index (χ4n) is 2.31. The molecule has 1 N–H and O–H groups in total. The van der Waals surface area contributed by atoms with Crippen molar-refractivity contribution in [1.29, 1.82) is 0 Å². The molecule has 2 heterocycles. The topological polar surface area (TPSA) is 130 Å². The normalized spacial score (nSPS) is 24.9. The summed E-state index contributed by atoms with van der Waals surface area (Å²) in [6.07, 6.45) is 1.59. The molecular weight excluding hydrogens is 297 g/mol. The van der Waals surface area contributed by atoms with E-state index in [9.17, 15) is 14.2 Å². The highest BCUT2D eigenvalue weighted by Crippen LogP contribution is 2.32. The molecule has 0 saturated carbocycles. The summed E-state index contributed by atoms with van der Waals surface area (Å²) in [6, 6.07) is -0.430. The van der Waals surface area contributed by atoms with Crippen LogP contribution in [0.4, 0.5) is 0 Å². The third-order valence-corrected chi connectivity index (χ3v) is 3.81. The average molecular weight is 311 g/mol. The number of azide groups is 1. The van der Waals surface area contributed by atoms with Crippen molar-refractivity contribution < 1.29 is 9.30 Å². The van der Waals surface area contributed by atoms with Gasteiger partial charge in [0.25, 0.3) is 5.56 Å². The second kappa shape index (κ2) is 6.67. The molecule has 0 aliphatic carbocycles. The Morgan fingerprint density at radius 3 is 3.05 bits per heavy atom. The van der Waals surface area contributed by atoms with Gasteiger partial charge >= 0.3 is 5.69 Å². The third-order valence-electron chi connectivity index (χ3n) is 3.37. The van der Waals surface area contributed by atoms with E-state index in [1.807, 2.05) is 0 Å². The largest absolute Gasteiger partial charge is 0.354 e. The van der Waals surface area contributed by atoms with Crippen LogP contribution in [0.3, 0.4) is 0 Å². The number of aromatic nitrogens is 2. The van der Waals surface area contributed by atoms with Crippen LogP contribution in [-0.4, -0.2) is 27.9 Å². The first-order chi connectivity index (χ1) is 10.1. The minimum Gasteiger partial charge on any atom is -0.354 e. The molecule has 10 heteroatoms. The van der Waals surface area contributed by atoms with E-state index >= 15 is 0 Å². The molecule has 21 heavy (non-hydrogen) atoms. The summed E-state index contributed by atoms with van der Waals surface area (Å²) >= 11 is 0. The SMILES string of the molecule is Cc1cn([C@H]2C[C@@H](N=[N+]=[N-])[C@@H](CCP=O)O2)c(=O)[nH]c1=O. The van der Waals surface area contributed by atoms with E-state index in [1.54, 1.807) is 6.92 Å². The maximum absolute atomic E-state index is 11.8. The van der Waals surface area contributed by atoms with E-state index in [1.165, 1.54) is 10.8 Å². The first-order valence-corrected chi connectivity index (χ1v) is 7.37. The Bertz CT molecular complexity index is 693. The van der Waals surface area contributed by atoms with E-state index in [0.29, 0.717) is 24.6 Å². The second-order valence-corrected chi connectivity index (χ2v) is 5.46. The van der Waals surface area contributed by atoms with E-state index < -0.39 is 29.6 Å². The van der Waals surface area contributed by atoms with Gasteiger partial charge in [-0.1, -0.05) is 5.11 Å².